The number of rotatable bonds is 5. The van der Waals surface area contributed by atoms with E-state index in [2.05, 4.69) is 16.9 Å². The molecule has 0 spiro atoms. The summed E-state index contributed by atoms with van der Waals surface area (Å²) in [4.78, 5) is 29.1. The van der Waals surface area contributed by atoms with E-state index in [-0.39, 0.29) is 11.5 Å². The van der Waals surface area contributed by atoms with Gasteiger partial charge >= 0.3 is 0 Å². The van der Waals surface area contributed by atoms with Gasteiger partial charge in [-0.15, -0.1) is 0 Å². The van der Waals surface area contributed by atoms with Crippen molar-refractivity contribution in [3.8, 4) is 0 Å². The third kappa shape index (κ3) is 3.64. The number of nitrogens with one attached hydrogen (secondary N) is 1. The Morgan fingerprint density at radius 3 is 2.72 bits per heavy atom. The Morgan fingerprint density at radius 2 is 2.04 bits per heavy atom. The summed E-state index contributed by atoms with van der Waals surface area (Å²) in [6.45, 7) is 3.87. The van der Waals surface area contributed by atoms with Crippen molar-refractivity contribution in [1.29, 1.82) is 0 Å². The third-order valence-electron chi connectivity index (χ3n) is 3.74. The number of amides is 1. The van der Waals surface area contributed by atoms with Crippen molar-refractivity contribution >= 4 is 34.3 Å². The van der Waals surface area contributed by atoms with E-state index in [0.29, 0.717) is 28.3 Å². The van der Waals surface area contributed by atoms with Gasteiger partial charge in [0.2, 0.25) is 5.91 Å². The van der Waals surface area contributed by atoms with Crippen molar-refractivity contribution in [2.75, 3.05) is 11.6 Å². The lowest BCUT2D eigenvalue weighted by Gasteiger charge is -2.12. The molecule has 0 fully saturated rings. The van der Waals surface area contributed by atoms with E-state index in [1.54, 1.807) is 22.8 Å². The zero-order valence-electron chi connectivity index (χ0n) is 13.7. The maximum absolute atomic E-state index is 13.0. The highest BCUT2D eigenvalue weighted by Gasteiger charge is 2.12. The molecule has 1 N–H and O–H groups in total. The number of carbonyl (C=O) groups excluding carboxylic acids is 1. The van der Waals surface area contributed by atoms with Gasteiger partial charge < -0.3 is 5.32 Å². The molecule has 0 bridgehead atoms. The van der Waals surface area contributed by atoms with E-state index in [9.17, 15) is 9.59 Å². The molecule has 1 amide bonds. The molecular weight excluding hydrogens is 334 g/mol. The van der Waals surface area contributed by atoms with Gasteiger partial charge in [0, 0.05) is 5.69 Å². The summed E-state index contributed by atoms with van der Waals surface area (Å²) in [5.74, 6) is -0.322. The predicted molar refractivity (Wildman–Crippen MR) is 102 cm³/mol. The average molecular weight is 351 g/mol. The van der Waals surface area contributed by atoms with Gasteiger partial charge in [0.25, 0.3) is 5.56 Å². The van der Waals surface area contributed by atoms with Gasteiger partial charge in [-0.05, 0) is 36.1 Å². The number of nitrogens with zero attached hydrogens (tertiary/aromatic N) is 2. The summed E-state index contributed by atoms with van der Waals surface area (Å²) in [5.41, 5.74) is 2.04. The molecule has 126 valence electrons. The molecule has 0 atom stereocenters. The SMILES string of the molecule is C=CC(=O)Nc1ccc2nc(SC)n(Cc3ccccc3)c(=O)c2c1. The Bertz CT molecular complexity index is 997. The van der Waals surface area contributed by atoms with Crippen LogP contribution in [-0.2, 0) is 11.3 Å². The number of carbonyl (C=O) groups is 1. The van der Waals surface area contributed by atoms with Gasteiger partial charge in [0.15, 0.2) is 5.16 Å². The van der Waals surface area contributed by atoms with Crippen LogP contribution in [-0.4, -0.2) is 21.7 Å². The molecule has 3 aromatic rings. The zero-order chi connectivity index (χ0) is 17.8. The van der Waals surface area contributed by atoms with Gasteiger partial charge in [-0.3, -0.25) is 14.2 Å². The number of hydrogen-bond donors (Lipinski definition) is 1. The Labute approximate surface area is 149 Å². The molecule has 0 saturated carbocycles. The standard InChI is InChI=1S/C19H17N3O2S/c1-3-17(23)20-14-9-10-16-15(11-14)18(24)22(19(21-16)25-2)12-13-7-5-4-6-8-13/h3-11H,1,12H2,2H3,(H,20,23). The van der Waals surface area contributed by atoms with Crippen molar-refractivity contribution in [3.05, 3.63) is 77.1 Å². The first-order valence-corrected chi connectivity index (χ1v) is 8.91. The maximum atomic E-state index is 13.0. The summed E-state index contributed by atoms with van der Waals surface area (Å²) in [6, 6.07) is 14.9. The van der Waals surface area contributed by atoms with E-state index in [0.717, 1.165) is 5.56 Å². The molecule has 1 heterocycles. The summed E-state index contributed by atoms with van der Waals surface area (Å²) in [5, 5.41) is 3.80. The molecule has 2 aromatic carbocycles. The number of thioether (sulfide) groups is 1. The Morgan fingerprint density at radius 1 is 1.28 bits per heavy atom. The van der Waals surface area contributed by atoms with Crippen LogP contribution >= 0.6 is 11.8 Å². The molecule has 25 heavy (non-hydrogen) atoms. The monoisotopic (exact) mass is 351 g/mol. The molecule has 5 nitrogen and oxygen atoms in total. The molecule has 0 unspecified atom stereocenters. The van der Waals surface area contributed by atoms with Crippen LogP contribution in [0.3, 0.4) is 0 Å². The van der Waals surface area contributed by atoms with Crippen LogP contribution in [0.25, 0.3) is 10.9 Å². The molecule has 3 rings (SSSR count). The second kappa shape index (κ2) is 7.36. The van der Waals surface area contributed by atoms with Crippen LogP contribution in [0.2, 0.25) is 0 Å². The number of hydrogen-bond acceptors (Lipinski definition) is 4. The van der Waals surface area contributed by atoms with Crippen LogP contribution < -0.4 is 10.9 Å². The fourth-order valence-electron chi connectivity index (χ4n) is 2.53. The lowest BCUT2D eigenvalue weighted by atomic mass is 10.2. The third-order valence-corrected chi connectivity index (χ3v) is 4.41. The second-order valence-corrected chi connectivity index (χ2v) is 6.17. The first-order valence-electron chi connectivity index (χ1n) is 7.68. The quantitative estimate of drug-likeness (QED) is 0.435. The predicted octanol–water partition coefficient (Wildman–Crippen LogP) is 3.29. The van der Waals surface area contributed by atoms with Gasteiger partial charge in [0.05, 0.1) is 17.4 Å². The zero-order valence-corrected chi connectivity index (χ0v) is 14.5. The molecule has 0 aliphatic carbocycles. The fourth-order valence-corrected chi connectivity index (χ4v) is 3.09. The number of anilines is 1. The Hall–Kier alpha value is -2.86. The molecule has 6 heteroatoms. The normalized spacial score (nSPS) is 10.6. The summed E-state index contributed by atoms with van der Waals surface area (Å²) in [6.07, 6.45) is 3.08. The average Bonchev–Trinajstić information content (AvgIpc) is 2.65. The van der Waals surface area contributed by atoms with E-state index in [1.165, 1.54) is 17.8 Å². The summed E-state index contributed by atoms with van der Waals surface area (Å²) < 4.78 is 1.65. The lowest BCUT2D eigenvalue weighted by molar-refractivity contribution is -0.111. The number of aromatic nitrogens is 2. The summed E-state index contributed by atoms with van der Waals surface area (Å²) >= 11 is 1.43. The Kier molecular flexibility index (Phi) is 5.00. The maximum Gasteiger partial charge on any atom is 0.262 e. The van der Waals surface area contributed by atoms with E-state index in [1.807, 2.05) is 36.6 Å². The minimum absolute atomic E-state index is 0.132. The molecular formula is C19H17N3O2S. The largest absolute Gasteiger partial charge is 0.323 e. The van der Waals surface area contributed by atoms with Crippen LogP contribution in [0.5, 0.6) is 0 Å². The van der Waals surface area contributed by atoms with E-state index in [4.69, 9.17) is 0 Å². The van der Waals surface area contributed by atoms with E-state index < -0.39 is 0 Å². The van der Waals surface area contributed by atoms with Gasteiger partial charge in [-0.25, -0.2) is 4.98 Å². The van der Waals surface area contributed by atoms with Crippen LogP contribution in [0.4, 0.5) is 5.69 Å². The highest BCUT2D eigenvalue weighted by molar-refractivity contribution is 7.98. The molecule has 0 aliphatic heterocycles. The smallest absolute Gasteiger partial charge is 0.262 e. The van der Waals surface area contributed by atoms with Crippen molar-refractivity contribution < 1.29 is 4.79 Å². The highest BCUT2D eigenvalue weighted by Crippen LogP contribution is 2.19. The van der Waals surface area contributed by atoms with Crippen molar-refractivity contribution in [2.45, 2.75) is 11.7 Å². The molecule has 0 aliphatic rings. The summed E-state index contributed by atoms with van der Waals surface area (Å²) in [7, 11) is 0. The second-order valence-electron chi connectivity index (χ2n) is 5.40. The highest BCUT2D eigenvalue weighted by atomic mass is 32.2. The molecule has 1 aromatic heterocycles. The van der Waals surface area contributed by atoms with E-state index >= 15 is 0 Å². The minimum atomic E-state index is -0.322. The van der Waals surface area contributed by atoms with Gasteiger partial charge in [-0.1, -0.05) is 48.7 Å². The Balaban J connectivity index is 2.11. The minimum Gasteiger partial charge on any atom is -0.323 e. The van der Waals surface area contributed by atoms with Crippen molar-refractivity contribution in [1.82, 2.24) is 9.55 Å². The van der Waals surface area contributed by atoms with Gasteiger partial charge in [0.1, 0.15) is 0 Å². The van der Waals surface area contributed by atoms with Crippen LogP contribution in [0.15, 0.2) is 71.1 Å². The van der Waals surface area contributed by atoms with Crippen LogP contribution in [0, 0.1) is 0 Å². The first-order chi connectivity index (χ1) is 12.1. The lowest BCUT2D eigenvalue weighted by Crippen LogP contribution is -2.24. The van der Waals surface area contributed by atoms with Gasteiger partial charge in [-0.2, -0.15) is 0 Å². The van der Waals surface area contributed by atoms with Crippen molar-refractivity contribution in [3.63, 3.8) is 0 Å². The molecule has 0 radical (unpaired) electrons. The first kappa shape index (κ1) is 17.0. The topological polar surface area (TPSA) is 64.0 Å². The molecule has 0 saturated heterocycles. The van der Waals surface area contributed by atoms with Crippen molar-refractivity contribution in [2.24, 2.45) is 0 Å². The number of fused-ring (bicyclic) bond motifs is 1. The van der Waals surface area contributed by atoms with Crippen LogP contribution in [0.1, 0.15) is 5.56 Å². The number of benzene rings is 2. The fraction of sp³-hybridized carbons (Fsp3) is 0.105.